The first-order chi connectivity index (χ1) is 7.58. The zero-order valence-corrected chi connectivity index (χ0v) is 13.6. The summed E-state index contributed by atoms with van der Waals surface area (Å²) < 4.78 is 0. The largest absolute Gasteiger partial charge is 0.352 e. The van der Waals surface area contributed by atoms with Crippen molar-refractivity contribution in [2.45, 2.75) is 46.7 Å². The molecular weight excluding hydrogens is 250 g/mol. The highest BCUT2D eigenvalue weighted by molar-refractivity contribution is 5.85. The average molecular weight is 280 g/mol. The van der Waals surface area contributed by atoms with Crippen LogP contribution in [0.1, 0.15) is 34.6 Å². The van der Waals surface area contributed by atoms with Crippen molar-refractivity contribution in [2.24, 2.45) is 17.1 Å². The monoisotopic (exact) mass is 279 g/mol. The SMILES string of the molecule is CC(C)[C@H](N)C(=O)NC(C)C(C)(C)CN(C)C.Cl. The lowest BCUT2D eigenvalue weighted by Gasteiger charge is -2.35. The molecular formula is C13H30ClN3O. The Bertz CT molecular complexity index is 255. The van der Waals surface area contributed by atoms with Crippen LogP contribution in [-0.4, -0.2) is 43.5 Å². The van der Waals surface area contributed by atoms with Crippen molar-refractivity contribution in [3.63, 3.8) is 0 Å². The minimum Gasteiger partial charge on any atom is -0.352 e. The molecule has 0 aromatic heterocycles. The van der Waals surface area contributed by atoms with Gasteiger partial charge in [0.05, 0.1) is 6.04 Å². The molecule has 110 valence electrons. The van der Waals surface area contributed by atoms with E-state index in [-0.39, 0.29) is 35.7 Å². The Labute approximate surface area is 118 Å². The summed E-state index contributed by atoms with van der Waals surface area (Å²) in [6.07, 6.45) is 0. The second-order valence-corrected chi connectivity index (χ2v) is 6.23. The molecule has 0 bridgehead atoms. The van der Waals surface area contributed by atoms with E-state index < -0.39 is 6.04 Å². The molecule has 3 N–H and O–H groups in total. The lowest BCUT2D eigenvalue weighted by Crippen LogP contribution is -2.53. The van der Waals surface area contributed by atoms with Crippen LogP contribution < -0.4 is 11.1 Å². The van der Waals surface area contributed by atoms with Gasteiger partial charge in [-0.25, -0.2) is 0 Å². The van der Waals surface area contributed by atoms with Crippen LogP contribution in [-0.2, 0) is 4.79 Å². The minimum atomic E-state index is -0.424. The first-order valence-corrected chi connectivity index (χ1v) is 6.28. The summed E-state index contributed by atoms with van der Waals surface area (Å²) in [5.41, 5.74) is 5.85. The molecule has 0 aliphatic carbocycles. The van der Waals surface area contributed by atoms with Gasteiger partial charge in [0.1, 0.15) is 0 Å². The molecule has 0 saturated heterocycles. The Balaban J connectivity index is 0. The van der Waals surface area contributed by atoms with Crippen LogP contribution >= 0.6 is 12.4 Å². The molecule has 1 amide bonds. The van der Waals surface area contributed by atoms with Gasteiger partial charge in [0.2, 0.25) is 5.91 Å². The first kappa shape index (κ1) is 20.0. The predicted molar refractivity (Wildman–Crippen MR) is 80.0 cm³/mol. The maximum atomic E-state index is 11.9. The number of nitrogens with one attached hydrogen (secondary N) is 1. The van der Waals surface area contributed by atoms with Crippen molar-refractivity contribution in [3.8, 4) is 0 Å². The number of hydrogen-bond donors (Lipinski definition) is 2. The lowest BCUT2D eigenvalue weighted by molar-refractivity contribution is -0.124. The zero-order chi connectivity index (χ0) is 13.8. The van der Waals surface area contributed by atoms with Gasteiger partial charge in [0, 0.05) is 12.6 Å². The third-order valence-corrected chi connectivity index (χ3v) is 3.28. The molecule has 0 aromatic rings. The van der Waals surface area contributed by atoms with E-state index in [0.29, 0.717) is 0 Å². The summed E-state index contributed by atoms with van der Waals surface area (Å²) in [7, 11) is 4.08. The molecule has 0 aromatic carbocycles. The van der Waals surface area contributed by atoms with Crippen molar-refractivity contribution in [1.29, 1.82) is 0 Å². The predicted octanol–water partition coefficient (Wildman–Crippen LogP) is 1.48. The molecule has 0 fully saturated rings. The van der Waals surface area contributed by atoms with Crippen LogP contribution in [0.4, 0.5) is 0 Å². The van der Waals surface area contributed by atoms with E-state index in [9.17, 15) is 4.79 Å². The van der Waals surface area contributed by atoms with E-state index in [4.69, 9.17) is 5.73 Å². The highest BCUT2D eigenvalue weighted by Crippen LogP contribution is 2.21. The van der Waals surface area contributed by atoms with Gasteiger partial charge in [-0.3, -0.25) is 4.79 Å². The van der Waals surface area contributed by atoms with Gasteiger partial charge in [-0.2, -0.15) is 0 Å². The molecule has 0 heterocycles. The molecule has 0 saturated carbocycles. The lowest BCUT2D eigenvalue weighted by atomic mass is 9.84. The molecule has 0 rings (SSSR count). The van der Waals surface area contributed by atoms with Gasteiger partial charge in [-0.15, -0.1) is 12.4 Å². The van der Waals surface area contributed by atoms with Crippen LogP contribution in [0, 0.1) is 11.3 Å². The van der Waals surface area contributed by atoms with Crippen LogP contribution in [0.5, 0.6) is 0 Å². The number of nitrogens with zero attached hydrogens (tertiary/aromatic N) is 1. The molecule has 4 nitrogen and oxygen atoms in total. The smallest absolute Gasteiger partial charge is 0.237 e. The van der Waals surface area contributed by atoms with Gasteiger partial charge in [0.25, 0.3) is 0 Å². The molecule has 1 unspecified atom stereocenters. The first-order valence-electron chi connectivity index (χ1n) is 6.28. The molecule has 0 aliphatic rings. The van der Waals surface area contributed by atoms with Gasteiger partial charge >= 0.3 is 0 Å². The highest BCUT2D eigenvalue weighted by Gasteiger charge is 2.29. The van der Waals surface area contributed by atoms with Crippen molar-refractivity contribution in [1.82, 2.24) is 10.2 Å². The summed E-state index contributed by atoms with van der Waals surface area (Å²) in [5, 5.41) is 3.02. The number of hydrogen-bond acceptors (Lipinski definition) is 3. The molecule has 5 heteroatoms. The summed E-state index contributed by atoms with van der Waals surface area (Å²) in [4.78, 5) is 14.0. The molecule has 18 heavy (non-hydrogen) atoms. The molecule has 0 aliphatic heterocycles. The quantitative estimate of drug-likeness (QED) is 0.774. The summed E-state index contributed by atoms with van der Waals surface area (Å²) in [6, 6.07) is -0.324. The fourth-order valence-corrected chi connectivity index (χ4v) is 1.76. The number of amides is 1. The minimum absolute atomic E-state index is 0. The number of rotatable bonds is 6. The fraction of sp³-hybridized carbons (Fsp3) is 0.923. The Morgan fingerprint density at radius 3 is 2.06 bits per heavy atom. The van der Waals surface area contributed by atoms with E-state index in [2.05, 4.69) is 24.1 Å². The third kappa shape index (κ3) is 6.57. The fourth-order valence-electron chi connectivity index (χ4n) is 1.76. The van der Waals surface area contributed by atoms with Crippen molar-refractivity contribution < 1.29 is 4.79 Å². The number of halogens is 1. The van der Waals surface area contributed by atoms with E-state index >= 15 is 0 Å². The van der Waals surface area contributed by atoms with E-state index in [1.165, 1.54) is 0 Å². The number of nitrogens with two attached hydrogens (primary N) is 1. The van der Waals surface area contributed by atoms with E-state index in [1.807, 2.05) is 34.9 Å². The normalized spacial score (nSPS) is 15.2. The summed E-state index contributed by atoms with van der Waals surface area (Å²) in [6.45, 7) is 11.2. The molecule has 0 spiro atoms. The van der Waals surface area contributed by atoms with Crippen molar-refractivity contribution >= 4 is 18.3 Å². The van der Waals surface area contributed by atoms with Crippen LogP contribution in [0.2, 0.25) is 0 Å². The maximum Gasteiger partial charge on any atom is 0.237 e. The van der Waals surface area contributed by atoms with Gasteiger partial charge in [0.15, 0.2) is 0 Å². The van der Waals surface area contributed by atoms with Gasteiger partial charge in [-0.05, 0) is 32.4 Å². The number of carbonyl (C=O) groups is 1. The molecule has 0 radical (unpaired) electrons. The summed E-state index contributed by atoms with van der Waals surface area (Å²) >= 11 is 0. The average Bonchev–Trinajstić information content (AvgIpc) is 2.13. The zero-order valence-electron chi connectivity index (χ0n) is 12.8. The van der Waals surface area contributed by atoms with Crippen LogP contribution in [0.3, 0.4) is 0 Å². The highest BCUT2D eigenvalue weighted by atomic mass is 35.5. The number of carbonyl (C=O) groups excluding carboxylic acids is 1. The second-order valence-electron chi connectivity index (χ2n) is 6.23. The second kappa shape index (κ2) is 7.97. The van der Waals surface area contributed by atoms with E-state index in [1.54, 1.807) is 0 Å². The maximum absolute atomic E-state index is 11.9. The molecule has 2 atom stereocenters. The van der Waals surface area contributed by atoms with Gasteiger partial charge < -0.3 is 16.0 Å². The Hall–Kier alpha value is -0.320. The van der Waals surface area contributed by atoms with Crippen molar-refractivity contribution in [3.05, 3.63) is 0 Å². The van der Waals surface area contributed by atoms with Crippen LogP contribution in [0.25, 0.3) is 0 Å². The Morgan fingerprint density at radius 1 is 1.28 bits per heavy atom. The van der Waals surface area contributed by atoms with E-state index in [0.717, 1.165) is 6.54 Å². The van der Waals surface area contributed by atoms with Crippen LogP contribution in [0.15, 0.2) is 0 Å². The van der Waals surface area contributed by atoms with Gasteiger partial charge in [-0.1, -0.05) is 27.7 Å². The Kier molecular flexibility index (Phi) is 8.86. The third-order valence-electron chi connectivity index (χ3n) is 3.28. The summed E-state index contributed by atoms with van der Waals surface area (Å²) in [5.74, 6) is 0.110. The Morgan fingerprint density at radius 2 is 1.72 bits per heavy atom. The topological polar surface area (TPSA) is 58.4 Å². The standard InChI is InChI=1S/C13H29N3O.ClH/c1-9(2)11(14)12(17)15-10(3)13(4,5)8-16(6)7;/h9-11H,8,14H2,1-7H3,(H,15,17);1H/t10?,11-;/m0./s1. The van der Waals surface area contributed by atoms with Crippen molar-refractivity contribution in [2.75, 3.05) is 20.6 Å².